The van der Waals surface area contributed by atoms with Crippen LogP contribution in [0.15, 0.2) is 36.4 Å². The van der Waals surface area contributed by atoms with Crippen LogP contribution in [0.3, 0.4) is 0 Å². The van der Waals surface area contributed by atoms with Gasteiger partial charge in [0.05, 0.1) is 5.54 Å². The van der Waals surface area contributed by atoms with Crippen LogP contribution in [0, 0.1) is 0 Å². The highest BCUT2D eigenvalue weighted by Crippen LogP contribution is 2.35. The fraction of sp³-hybridized carbons (Fsp3) is 0.333. The summed E-state index contributed by atoms with van der Waals surface area (Å²) in [7, 11) is 0. The maximum atomic E-state index is 6.23. The summed E-state index contributed by atoms with van der Waals surface area (Å²) in [6.45, 7) is 6.09. The molecule has 1 unspecified atom stereocenters. The van der Waals surface area contributed by atoms with Gasteiger partial charge in [0.1, 0.15) is 0 Å². The molecule has 68 valence electrons. The fourth-order valence-electron chi connectivity index (χ4n) is 1.98. The monoisotopic (exact) mass is 173 g/mol. The summed E-state index contributed by atoms with van der Waals surface area (Å²) < 4.78 is 0. The smallest absolute Gasteiger partial charge is 0.0596 e. The highest BCUT2D eigenvalue weighted by molar-refractivity contribution is 5.42. The van der Waals surface area contributed by atoms with Gasteiger partial charge in [-0.1, -0.05) is 36.4 Å². The Bertz CT molecular complexity index is 350. The van der Waals surface area contributed by atoms with Gasteiger partial charge in [0.2, 0.25) is 0 Å². The summed E-state index contributed by atoms with van der Waals surface area (Å²) in [4.78, 5) is 0. The van der Waals surface area contributed by atoms with Crippen molar-refractivity contribution >= 4 is 0 Å². The second-order valence-electron chi connectivity index (χ2n) is 3.96. The molecule has 1 aliphatic rings. The molecule has 1 atom stereocenters. The average Bonchev–Trinajstić information content (AvgIpc) is 2.13. The second-order valence-corrected chi connectivity index (χ2v) is 3.96. The number of aryl methyl sites for hydroxylation is 1. The number of nitrogens with two attached hydrogens (primary N) is 1. The molecule has 0 radical (unpaired) electrons. The SMILES string of the molecule is C=C1CCc2ccccc2C1(C)N. The first-order chi connectivity index (χ1) is 6.12. The van der Waals surface area contributed by atoms with Crippen LogP contribution in [0.25, 0.3) is 0 Å². The Balaban J connectivity index is 2.59. The second kappa shape index (κ2) is 2.71. The molecule has 1 heteroatoms. The van der Waals surface area contributed by atoms with E-state index in [-0.39, 0.29) is 5.54 Å². The quantitative estimate of drug-likeness (QED) is 0.599. The van der Waals surface area contributed by atoms with Crippen molar-refractivity contribution in [3.8, 4) is 0 Å². The summed E-state index contributed by atoms with van der Waals surface area (Å²) in [6, 6.07) is 8.39. The van der Waals surface area contributed by atoms with E-state index in [9.17, 15) is 0 Å². The zero-order valence-corrected chi connectivity index (χ0v) is 8.01. The highest BCUT2D eigenvalue weighted by Gasteiger charge is 2.30. The Hall–Kier alpha value is -1.08. The van der Waals surface area contributed by atoms with Gasteiger partial charge in [0, 0.05) is 0 Å². The van der Waals surface area contributed by atoms with E-state index in [1.807, 2.05) is 13.0 Å². The summed E-state index contributed by atoms with van der Waals surface area (Å²) in [6.07, 6.45) is 2.10. The van der Waals surface area contributed by atoms with E-state index >= 15 is 0 Å². The lowest BCUT2D eigenvalue weighted by Gasteiger charge is -2.34. The number of hydrogen-bond acceptors (Lipinski definition) is 1. The maximum Gasteiger partial charge on any atom is 0.0596 e. The predicted octanol–water partition coefficient (Wildman–Crippen LogP) is 2.36. The number of benzene rings is 1. The van der Waals surface area contributed by atoms with Crippen molar-refractivity contribution in [3.63, 3.8) is 0 Å². The minimum atomic E-state index is -0.325. The van der Waals surface area contributed by atoms with Crippen LogP contribution in [-0.4, -0.2) is 0 Å². The molecule has 0 aromatic heterocycles. The number of rotatable bonds is 0. The third-order valence-electron chi connectivity index (χ3n) is 3.01. The van der Waals surface area contributed by atoms with E-state index in [2.05, 4.69) is 24.8 Å². The largest absolute Gasteiger partial charge is 0.318 e. The molecule has 0 amide bonds. The summed E-state index contributed by atoms with van der Waals surface area (Å²) in [5.74, 6) is 0. The van der Waals surface area contributed by atoms with Gasteiger partial charge < -0.3 is 5.73 Å². The van der Waals surface area contributed by atoms with E-state index in [1.54, 1.807) is 0 Å². The van der Waals surface area contributed by atoms with Gasteiger partial charge in [0.15, 0.2) is 0 Å². The molecule has 0 fully saturated rings. The third-order valence-corrected chi connectivity index (χ3v) is 3.01. The van der Waals surface area contributed by atoms with Crippen molar-refractivity contribution < 1.29 is 0 Å². The Labute approximate surface area is 79.3 Å². The molecule has 0 aliphatic heterocycles. The van der Waals surface area contributed by atoms with Crippen LogP contribution in [-0.2, 0) is 12.0 Å². The van der Waals surface area contributed by atoms with Crippen molar-refractivity contribution in [1.82, 2.24) is 0 Å². The lowest BCUT2D eigenvalue weighted by Crippen LogP contribution is -2.38. The Morgan fingerprint density at radius 1 is 1.31 bits per heavy atom. The van der Waals surface area contributed by atoms with Gasteiger partial charge >= 0.3 is 0 Å². The number of hydrogen-bond donors (Lipinski definition) is 1. The molecule has 1 aromatic carbocycles. The van der Waals surface area contributed by atoms with Crippen molar-refractivity contribution in [1.29, 1.82) is 0 Å². The van der Waals surface area contributed by atoms with Gasteiger partial charge in [-0.05, 0) is 30.9 Å². The van der Waals surface area contributed by atoms with Crippen LogP contribution < -0.4 is 5.73 Å². The molecule has 2 N–H and O–H groups in total. The molecule has 1 aromatic rings. The standard InChI is InChI=1S/C12H15N/c1-9-7-8-10-5-3-4-6-11(10)12(9,2)13/h3-6H,1,7-8,13H2,2H3. The Morgan fingerprint density at radius 2 is 2.00 bits per heavy atom. The molecule has 0 bridgehead atoms. The molecule has 2 rings (SSSR count). The molecule has 1 aliphatic carbocycles. The first-order valence-corrected chi connectivity index (χ1v) is 4.68. The topological polar surface area (TPSA) is 26.0 Å². The van der Waals surface area contributed by atoms with Crippen LogP contribution in [0.4, 0.5) is 0 Å². The molecule has 0 heterocycles. The lowest BCUT2D eigenvalue weighted by molar-refractivity contribution is 0.531. The molecule has 1 nitrogen and oxygen atoms in total. The summed E-state index contributed by atoms with van der Waals surface area (Å²) in [5.41, 5.74) is 9.67. The lowest BCUT2D eigenvalue weighted by atomic mass is 9.75. The first-order valence-electron chi connectivity index (χ1n) is 4.68. The van der Waals surface area contributed by atoms with Crippen molar-refractivity contribution in [2.75, 3.05) is 0 Å². The average molecular weight is 173 g/mol. The molecular formula is C12H15N. The fourth-order valence-corrected chi connectivity index (χ4v) is 1.98. The van der Waals surface area contributed by atoms with E-state index in [1.165, 1.54) is 11.1 Å². The van der Waals surface area contributed by atoms with Gasteiger partial charge in [-0.2, -0.15) is 0 Å². The molecule has 0 saturated heterocycles. The molecule has 0 saturated carbocycles. The van der Waals surface area contributed by atoms with E-state index in [0.29, 0.717) is 0 Å². The Kier molecular flexibility index (Phi) is 1.77. The van der Waals surface area contributed by atoms with Crippen LogP contribution in [0.5, 0.6) is 0 Å². The zero-order valence-electron chi connectivity index (χ0n) is 8.01. The van der Waals surface area contributed by atoms with Gasteiger partial charge in [-0.15, -0.1) is 0 Å². The van der Waals surface area contributed by atoms with Gasteiger partial charge in [0.25, 0.3) is 0 Å². The Morgan fingerprint density at radius 3 is 2.77 bits per heavy atom. The summed E-state index contributed by atoms with van der Waals surface area (Å²) >= 11 is 0. The number of fused-ring (bicyclic) bond motifs is 1. The predicted molar refractivity (Wildman–Crippen MR) is 55.4 cm³/mol. The normalized spacial score (nSPS) is 27.1. The molecular weight excluding hydrogens is 158 g/mol. The minimum Gasteiger partial charge on any atom is -0.318 e. The van der Waals surface area contributed by atoms with Crippen molar-refractivity contribution in [2.45, 2.75) is 25.3 Å². The van der Waals surface area contributed by atoms with Crippen LogP contribution in [0.1, 0.15) is 24.5 Å². The van der Waals surface area contributed by atoms with E-state index in [4.69, 9.17) is 5.73 Å². The van der Waals surface area contributed by atoms with Crippen molar-refractivity contribution in [3.05, 3.63) is 47.5 Å². The maximum absolute atomic E-state index is 6.23. The van der Waals surface area contributed by atoms with E-state index < -0.39 is 0 Å². The van der Waals surface area contributed by atoms with Gasteiger partial charge in [-0.3, -0.25) is 0 Å². The van der Waals surface area contributed by atoms with Gasteiger partial charge in [-0.25, -0.2) is 0 Å². The minimum absolute atomic E-state index is 0.325. The van der Waals surface area contributed by atoms with E-state index in [0.717, 1.165) is 18.4 Å². The highest BCUT2D eigenvalue weighted by atomic mass is 14.7. The first kappa shape index (κ1) is 8.52. The van der Waals surface area contributed by atoms with Crippen LogP contribution in [0.2, 0.25) is 0 Å². The summed E-state index contributed by atoms with van der Waals surface area (Å²) in [5, 5.41) is 0. The zero-order chi connectivity index (χ0) is 9.47. The molecule has 0 spiro atoms. The van der Waals surface area contributed by atoms with Crippen molar-refractivity contribution in [2.24, 2.45) is 5.73 Å². The third kappa shape index (κ3) is 1.20. The van der Waals surface area contributed by atoms with Crippen LogP contribution >= 0.6 is 0 Å². The molecule has 13 heavy (non-hydrogen) atoms.